The first kappa shape index (κ1) is 16.3. The van der Waals surface area contributed by atoms with Crippen LogP contribution < -0.4 is 10.2 Å². The van der Waals surface area contributed by atoms with Crippen molar-refractivity contribution in [2.45, 2.75) is 32.1 Å². The molecule has 1 unspecified atom stereocenters. The predicted octanol–water partition coefficient (Wildman–Crippen LogP) is 2.51. The second-order valence-corrected chi connectivity index (χ2v) is 6.93. The van der Waals surface area contributed by atoms with E-state index in [2.05, 4.69) is 45.4 Å². The van der Waals surface area contributed by atoms with Gasteiger partial charge in [-0.3, -0.25) is 9.69 Å². The summed E-state index contributed by atoms with van der Waals surface area (Å²) in [6, 6.07) is 10.6. The molecule has 0 radical (unpaired) electrons. The molecule has 2 saturated heterocycles. The number of nitrogens with one attached hydrogen (secondary N) is 1. The summed E-state index contributed by atoms with van der Waals surface area (Å²) in [6.45, 7) is 5.70. The highest BCUT2D eigenvalue weighted by Gasteiger charge is 2.23. The van der Waals surface area contributed by atoms with Crippen LogP contribution in [0.1, 0.15) is 32.1 Å². The van der Waals surface area contributed by atoms with E-state index in [-0.39, 0.29) is 5.91 Å². The zero-order valence-corrected chi connectivity index (χ0v) is 14.0. The Morgan fingerprint density at radius 3 is 2.52 bits per heavy atom. The molecule has 2 heterocycles. The summed E-state index contributed by atoms with van der Waals surface area (Å²) >= 11 is 0. The van der Waals surface area contributed by atoms with E-state index in [1.54, 1.807) is 0 Å². The van der Waals surface area contributed by atoms with Crippen molar-refractivity contribution in [2.24, 2.45) is 5.92 Å². The molecular formula is C19H29N3O. The van der Waals surface area contributed by atoms with E-state index >= 15 is 0 Å². The number of para-hydroxylation sites is 1. The molecule has 0 saturated carbocycles. The number of carbonyl (C=O) groups is 1. The largest absolute Gasteiger partial charge is 0.371 e. The molecule has 0 aliphatic carbocycles. The predicted molar refractivity (Wildman–Crippen MR) is 94.7 cm³/mol. The monoisotopic (exact) mass is 315 g/mol. The van der Waals surface area contributed by atoms with E-state index in [0.717, 1.165) is 32.7 Å². The highest BCUT2D eigenvalue weighted by atomic mass is 16.2. The minimum atomic E-state index is 0.199. The van der Waals surface area contributed by atoms with Crippen LogP contribution in [-0.2, 0) is 4.79 Å². The molecule has 1 N–H and O–H groups in total. The lowest BCUT2D eigenvalue weighted by molar-refractivity contribution is -0.122. The van der Waals surface area contributed by atoms with E-state index < -0.39 is 0 Å². The normalized spacial score (nSPS) is 22.8. The van der Waals surface area contributed by atoms with Crippen LogP contribution in [0.15, 0.2) is 30.3 Å². The Kier molecular flexibility index (Phi) is 5.92. The van der Waals surface area contributed by atoms with Gasteiger partial charge in [-0.05, 0) is 50.4 Å². The Balaban J connectivity index is 1.38. The summed E-state index contributed by atoms with van der Waals surface area (Å²) in [5, 5.41) is 3.16. The molecule has 0 spiro atoms. The lowest BCUT2D eigenvalue weighted by Crippen LogP contribution is -2.39. The fraction of sp³-hybridized carbons (Fsp3) is 0.632. The Labute approximate surface area is 139 Å². The highest BCUT2D eigenvalue weighted by molar-refractivity contribution is 5.78. The fourth-order valence-corrected chi connectivity index (χ4v) is 3.68. The van der Waals surface area contributed by atoms with Gasteiger partial charge < -0.3 is 10.2 Å². The van der Waals surface area contributed by atoms with E-state index in [0.29, 0.717) is 12.5 Å². The van der Waals surface area contributed by atoms with Crippen LogP contribution in [0.3, 0.4) is 0 Å². The number of hydrogen-bond acceptors (Lipinski definition) is 3. The second kappa shape index (κ2) is 8.34. The number of rotatable bonds is 5. The van der Waals surface area contributed by atoms with Crippen LogP contribution in [0.2, 0.25) is 0 Å². The van der Waals surface area contributed by atoms with Gasteiger partial charge in [-0.25, -0.2) is 0 Å². The zero-order chi connectivity index (χ0) is 15.9. The second-order valence-electron chi connectivity index (χ2n) is 6.93. The molecule has 0 bridgehead atoms. The summed E-state index contributed by atoms with van der Waals surface area (Å²) in [5.41, 5.74) is 1.30. The maximum absolute atomic E-state index is 12.2. The topological polar surface area (TPSA) is 35.6 Å². The maximum Gasteiger partial charge on any atom is 0.234 e. The number of likely N-dealkylation sites (tertiary alicyclic amines) is 1. The van der Waals surface area contributed by atoms with Crippen LogP contribution in [0, 0.1) is 5.92 Å². The summed E-state index contributed by atoms with van der Waals surface area (Å²) < 4.78 is 0. The molecule has 1 aromatic rings. The highest BCUT2D eigenvalue weighted by Crippen LogP contribution is 2.22. The first-order chi connectivity index (χ1) is 11.3. The molecule has 1 atom stereocenters. The lowest BCUT2D eigenvalue weighted by atomic mass is 10.1. The third-order valence-corrected chi connectivity index (χ3v) is 5.06. The van der Waals surface area contributed by atoms with Gasteiger partial charge in [0.05, 0.1) is 6.54 Å². The number of amides is 1. The van der Waals surface area contributed by atoms with Crippen molar-refractivity contribution in [1.82, 2.24) is 10.2 Å². The molecular weight excluding hydrogens is 286 g/mol. The van der Waals surface area contributed by atoms with E-state index in [1.165, 1.54) is 37.8 Å². The number of nitrogens with zero attached hydrogens (tertiary/aromatic N) is 2. The van der Waals surface area contributed by atoms with Crippen LogP contribution >= 0.6 is 0 Å². The van der Waals surface area contributed by atoms with Crippen LogP contribution in [-0.4, -0.2) is 50.1 Å². The first-order valence-corrected chi connectivity index (χ1v) is 9.10. The molecule has 3 rings (SSSR count). The Hall–Kier alpha value is -1.55. The van der Waals surface area contributed by atoms with Crippen molar-refractivity contribution >= 4 is 11.6 Å². The van der Waals surface area contributed by atoms with Crippen LogP contribution in [0.4, 0.5) is 5.69 Å². The molecule has 0 aromatic heterocycles. The van der Waals surface area contributed by atoms with E-state index in [9.17, 15) is 4.79 Å². The molecule has 1 aromatic carbocycles. The van der Waals surface area contributed by atoms with Crippen molar-refractivity contribution in [2.75, 3.05) is 44.2 Å². The fourth-order valence-electron chi connectivity index (χ4n) is 3.68. The quantitative estimate of drug-likeness (QED) is 0.907. The third-order valence-electron chi connectivity index (χ3n) is 5.06. The Morgan fingerprint density at radius 1 is 1.04 bits per heavy atom. The first-order valence-electron chi connectivity index (χ1n) is 9.10. The standard InChI is InChI=1S/C19H29N3O/c23-19(16-21-11-6-1-2-7-12-21)20-14-17-10-13-22(15-17)18-8-4-3-5-9-18/h3-5,8-9,17H,1-2,6-7,10-16H2,(H,20,23). The molecule has 4 nitrogen and oxygen atoms in total. The van der Waals surface area contributed by atoms with Gasteiger partial charge in [-0.2, -0.15) is 0 Å². The number of anilines is 1. The number of hydrogen-bond donors (Lipinski definition) is 1. The molecule has 23 heavy (non-hydrogen) atoms. The summed E-state index contributed by atoms with van der Waals surface area (Å²) in [6.07, 6.45) is 6.27. The van der Waals surface area contributed by atoms with E-state index in [4.69, 9.17) is 0 Å². The summed E-state index contributed by atoms with van der Waals surface area (Å²) in [5.74, 6) is 0.772. The average molecular weight is 315 g/mol. The summed E-state index contributed by atoms with van der Waals surface area (Å²) in [7, 11) is 0. The number of benzene rings is 1. The maximum atomic E-state index is 12.2. The van der Waals surface area contributed by atoms with Crippen molar-refractivity contribution in [1.29, 1.82) is 0 Å². The van der Waals surface area contributed by atoms with Gasteiger partial charge in [0.2, 0.25) is 5.91 Å². The SMILES string of the molecule is O=C(CN1CCCCCC1)NCC1CCN(c2ccccc2)C1. The van der Waals surface area contributed by atoms with Gasteiger partial charge in [-0.1, -0.05) is 31.0 Å². The van der Waals surface area contributed by atoms with E-state index in [1.807, 2.05) is 0 Å². The Bertz CT molecular complexity index is 483. The minimum Gasteiger partial charge on any atom is -0.371 e. The Morgan fingerprint density at radius 2 is 1.78 bits per heavy atom. The zero-order valence-electron chi connectivity index (χ0n) is 14.0. The molecule has 126 valence electrons. The number of carbonyl (C=O) groups excluding carboxylic acids is 1. The minimum absolute atomic E-state index is 0.199. The lowest BCUT2D eigenvalue weighted by Gasteiger charge is -2.20. The van der Waals surface area contributed by atoms with Gasteiger partial charge >= 0.3 is 0 Å². The molecule has 1 amide bonds. The van der Waals surface area contributed by atoms with Crippen molar-refractivity contribution < 1.29 is 4.79 Å². The van der Waals surface area contributed by atoms with Crippen molar-refractivity contribution in [3.8, 4) is 0 Å². The molecule has 2 aliphatic heterocycles. The van der Waals surface area contributed by atoms with Gasteiger partial charge in [0.25, 0.3) is 0 Å². The third kappa shape index (κ3) is 4.96. The van der Waals surface area contributed by atoms with Gasteiger partial charge in [-0.15, -0.1) is 0 Å². The van der Waals surface area contributed by atoms with Gasteiger partial charge in [0.15, 0.2) is 0 Å². The van der Waals surface area contributed by atoms with Crippen LogP contribution in [0.25, 0.3) is 0 Å². The van der Waals surface area contributed by atoms with Crippen LogP contribution in [0.5, 0.6) is 0 Å². The smallest absolute Gasteiger partial charge is 0.234 e. The molecule has 2 fully saturated rings. The summed E-state index contributed by atoms with van der Waals surface area (Å²) in [4.78, 5) is 16.9. The van der Waals surface area contributed by atoms with Gasteiger partial charge in [0.1, 0.15) is 0 Å². The molecule has 4 heteroatoms. The van der Waals surface area contributed by atoms with Gasteiger partial charge in [0, 0.05) is 25.3 Å². The van der Waals surface area contributed by atoms with Crippen molar-refractivity contribution in [3.63, 3.8) is 0 Å². The molecule has 2 aliphatic rings. The van der Waals surface area contributed by atoms with Crippen molar-refractivity contribution in [3.05, 3.63) is 30.3 Å². The average Bonchev–Trinajstić information content (AvgIpc) is 2.91.